The summed E-state index contributed by atoms with van der Waals surface area (Å²) in [5, 5.41) is 8.71. The maximum atomic E-state index is 3.64. The second kappa shape index (κ2) is 9.53. The lowest BCUT2D eigenvalue weighted by atomic mass is 9.85. The molecule has 1 aliphatic heterocycles. The van der Waals surface area contributed by atoms with Gasteiger partial charge in [0.15, 0.2) is 0 Å². The minimum atomic E-state index is 0.178. The summed E-state index contributed by atoms with van der Waals surface area (Å²) in [7, 11) is 0. The number of nitrogens with one attached hydrogen (secondary N) is 1. The Morgan fingerprint density at radius 1 is 0.447 bits per heavy atom. The minimum absolute atomic E-state index is 0.178. The van der Waals surface area contributed by atoms with Crippen LogP contribution in [0.3, 0.4) is 0 Å². The van der Waals surface area contributed by atoms with E-state index in [1.54, 1.807) is 0 Å². The van der Waals surface area contributed by atoms with E-state index in [2.05, 4.69) is 157 Å². The van der Waals surface area contributed by atoms with Crippen LogP contribution >= 0.6 is 0 Å². The van der Waals surface area contributed by atoms with Gasteiger partial charge < -0.3 is 5.32 Å². The molecular formula is C37H27N. The van der Waals surface area contributed by atoms with E-state index in [4.69, 9.17) is 0 Å². The Hall–Kier alpha value is -4.88. The molecule has 0 aromatic heterocycles. The second-order valence-electron chi connectivity index (χ2n) is 9.80. The quantitative estimate of drug-likeness (QED) is 0.245. The molecule has 1 atom stereocenters. The fourth-order valence-corrected chi connectivity index (χ4v) is 5.74. The van der Waals surface area contributed by atoms with Gasteiger partial charge in [-0.05, 0) is 66.6 Å². The summed E-state index contributed by atoms with van der Waals surface area (Å²) in [6, 6.07) is 48.0. The lowest BCUT2D eigenvalue weighted by molar-refractivity contribution is 0.749. The molecule has 6 aromatic rings. The highest BCUT2D eigenvalue weighted by Gasteiger charge is 2.19. The van der Waals surface area contributed by atoms with E-state index < -0.39 is 0 Å². The number of benzene rings is 6. The number of rotatable bonds is 4. The molecule has 1 heteroatoms. The van der Waals surface area contributed by atoms with Gasteiger partial charge in [-0.1, -0.05) is 140 Å². The van der Waals surface area contributed by atoms with Gasteiger partial charge in [-0.2, -0.15) is 0 Å². The van der Waals surface area contributed by atoms with Crippen molar-refractivity contribution < 1.29 is 0 Å². The van der Waals surface area contributed by atoms with Crippen LogP contribution in [-0.4, -0.2) is 0 Å². The summed E-state index contributed by atoms with van der Waals surface area (Å²) in [4.78, 5) is 0. The summed E-state index contributed by atoms with van der Waals surface area (Å²) in [6.45, 7) is 0. The van der Waals surface area contributed by atoms with Crippen LogP contribution in [0.4, 0.5) is 0 Å². The Morgan fingerprint density at radius 2 is 0.974 bits per heavy atom. The normalized spacial score (nSPS) is 14.8. The third kappa shape index (κ3) is 3.90. The average Bonchev–Trinajstić information content (AvgIpc) is 3.01. The molecule has 0 spiro atoms. The Balaban J connectivity index is 1.42. The van der Waals surface area contributed by atoms with Crippen molar-refractivity contribution in [1.82, 2.24) is 5.32 Å². The molecule has 1 N–H and O–H groups in total. The van der Waals surface area contributed by atoms with Crippen molar-refractivity contribution in [2.24, 2.45) is 0 Å². The zero-order chi connectivity index (χ0) is 25.3. The highest BCUT2D eigenvalue weighted by molar-refractivity contribution is 6.19. The lowest BCUT2D eigenvalue weighted by Crippen LogP contribution is -2.16. The first-order valence-electron chi connectivity index (χ1n) is 13.2. The first kappa shape index (κ1) is 22.3. The van der Waals surface area contributed by atoms with Crippen molar-refractivity contribution in [2.75, 3.05) is 0 Å². The van der Waals surface area contributed by atoms with Gasteiger partial charge in [0.1, 0.15) is 0 Å². The van der Waals surface area contributed by atoms with E-state index in [1.165, 1.54) is 60.5 Å². The molecule has 0 bridgehead atoms. The van der Waals surface area contributed by atoms with E-state index >= 15 is 0 Å². The van der Waals surface area contributed by atoms with E-state index in [0.29, 0.717) is 0 Å². The van der Waals surface area contributed by atoms with Gasteiger partial charge in [0, 0.05) is 6.20 Å². The van der Waals surface area contributed by atoms with Crippen molar-refractivity contribution in [3.63, 3.8) is 0 Å². The summed E-state index contributed by atoms with van der Waals surface area (Å²) in [6.07, 6.45) is 6.73. The number of dihydropyridines is 1. The number of hydrogen-bond acceptors (Lipinski definition) is 1. The Bertz CT molecular complexity index is 1770. The summed E-state index contributed by atoms with van der Waals surface area (Å²) in [5.74, 6) is 0. The first-order chi connectivity index (χ1) is 18.9. The predicted molar refractivity (Wildman–Crippen MR) is 162 cm³/mol. The van der Waals surface area contributed by atoms with Crippen molar-refractivity contribution >= 4 is 27.1 Å². The average molecular weight is 486 g/mol. The van der Waals surface area contributed by atoms with Crippen molar-refractivity contribution in [3.8, 4) is 22.3 Å². The molecule has 0 saturated heterocycles. The van der Waals surface area contributed by atoms with Crippen LogP contribution in [0.2, 0.25) is 0 Å². The molecule has 1 heterocycles. The smallest absolute Gasteiger partial charge is 0.0696 e. The maximum Gasteiger partial charge on any atom is 0.0696 e. The Morgan fingerprint density at radius 3 is 1.58 bits per heavy atom. The van der Waals surface area contributed by atoms with Gasteiger partial charge in [-0.3, -0.25) is 0 Å². The number of fused-ring (bicyclic) bond motifs is 2. The summed E-state index contributed by atoms with van der Waals surface area (Å²) in [5.41, 5.74) is 8.73. The SMILES string of the molecule is C1=CC(c2ccccc2)NC=C1c1c2ccccc2c(-c2cccc(-c3ccccc3)c2)c2ccccc12. The van der Waals surface area contributed by atoms with E-state index in [0.717, 1.165) is 0 Å². The van der Waals surface area contributed by atoms with Crippen LogP contribution < -0.4 is 5.32 Å². The molecule has 7 rings (SSSR count). The molecule has 0 aliphatic carbocycles. The van der Waals surface area contributed by atoms with Crippen LogP contribution in [0.15, 0.2) is 152 Å². The molecule has 0 amide bonds. The van der Waals surface area contributed by atoms with Crippen molar-refractivity contribution in [1.29, 1.82) is 0 Å². The van der Waals surface area contributed by atoms with Gasteiger partial charge >= 0.3 is 0 Å². The highest BCUT2D eigenvalue weighted by Crippen LogP contribution is 2.43. The third-order valence-electron chi connectivity index (χ3n) is 7.52. The largest absolute Gasteiger partial charge is 0.380 e. The van der Waals surface area contributed by atoms with Crippen molar-refractivity contribution in [3.05, 3.63) is 163 Å². The van der Waals surface area contributed by atoms with E-state index in [-0.39, 0.29) is 6.04 Å². The topological polar surface area (TPSA) is 12.0 Å². The van der Waals surface area contributed by atoms with Crippen LogP contribution in [-0.2, 0) is 0 Å². The highest BCUT2D eigenvalue weighted by atomic mass is 14.9. The predicted octanol–water partition coefficient (Wildman–Crippen LogP) is 9.57. The van der Waals surface area contributed by atoms with Gasteiger partial charge in [-0.25, -0.2) is 0 Å². The molecule has 0 saturated carbocycles. The molecule has 1 aliphatic rings. The number of hydrogen-bond donors (Lipinski definition) is 1. The molecule has 6 aromatic carbocycles. The third-order valence-corrected chi connectivity index (χ3v) is 7.52. The standard InChI is InChI=1S/C37H27N/c1-3-12-26(13-4-1)28-16-11-17-29(24-28)36-31-18-7-9-20-33(31)37(34-21-10-8-19-32(34)36)30-22-23-35(38-25-30)27-14-5-2-6-15-27/h1-25,35,38H. The Labute approximate surface area is 223 Å². The van der Waals surface area contributed by atoms with Gasteiger partial charge in [0.2, 0.25) is 0 Å². The van der Waals surface area contributed by atoms with Crippen LogP contribution in [0, 0.1) is 0 Å². The minimum Gasteiger partial charge on any atom is -0.380 e. The zero-order valence-electron chi connectivity index (χ0n) is 21.0. The zero-order valence-corrected chi connectivity index (χ0v) is 21.0. The first-order valence-corrected chi connectivity index (χ1v) is 13.2. The van der Waals surface area contributed by atoms with Gasteiger partial charge in [0.05, 0.1) is 6.04 Å². The summed E-state index contributed by atoms with van der Waals surface area (Å²) >= 11 is 0. The molecular weight excluding hydrogens is 458 g/mol. The van der Waals surface area contributed by atoms with Crippen LogP contribution in [0.5, 0.6) is 0 Å². The monoisotopic (exact) mass is 485 g/mol. The Kier molecular flexibility index (Phi) is 5.60. The fraction of sp³-hybridized carbons (Fsp3) is 0.0270. The van der Waals surface area contributed by atoms with E-state index in [9.17, 15) is 0 Å². The molecule has 1 nitrogen and oxygen atoms in total. The lowest BCUT2D eigenvalue weighted by Gasteiger charge is -2.22. The molecule has 1 unspecified atom stereocenters. The van der Waals surface area contributed by atoms with E-state index in [1.807, 2.05) is 0 Å². The number of allylic oxidation sites excluding steroid dienone is 2. The molecule has 0 fully saturated rings. The summed E-state index contributed by atoms with van der Waals surface area (Å²) < 4.78 is 0. The van der Waals surface area contributed by atoms with Gasteiger partial charge in [-0.15, -0.1) is 0 Å². The van der Waals surface area contributed by atoms with Gasteiger partial charge in [0.25, 0.3) is 0 Å². The molecule has 180 valence electrons. The van der Waals surface area contributed by atoms with Crippen LogP contribution in [0.25, 0.3) is 49.4 Å². The van der Waals surface area contributed by atoms with Crippen molar-refractivity contribution in [2.45, 2.75) is 6.04 Å². The molecule has 38 heavy (non-hydrogen) atoms. The maximum absolute atomic E-state index is 3.64. The molecule has 0 radical (unpaired) electrons. The van der Waals surface area contributed by atoms with Crippen LogP contribution in [0.1, 0.15) is 17.2 Å². The second-order valence-corrected chi connectivity index (χ2v) is 9.80. The fourth-order valence-electron chi connectivity index (χ4n) is 5.74.